The van der Waals surface area contributed by atoms with Crippen molar-refractivity contribution in [3.63, 3.8) is 0 Å². The summed E-state index contributed by atoms with van der Waals surface area (Å²) in [4.78, 5) is 22.5. The van der Waals surface area contributed by atoms with Crippen molar-refractivity contribution in [2.75, 3.05) is 0 Å². The number of amides is 2. The largest absolute Gasteiger partial charge is 0.353 e. The van der Waals surface area contributed by atoms with Gasteiger partial charge in [0.15, 0.2) is 5.60 Å². The molecule has 3 atom stereocenters. The van der Waals surface area contributed by atoms with Gasteiger partial charge in [0.25, 0.3) is 5.91 Å². The summed E-state index contributed by atoms with van der Waals surface area (Å²) in [5.41, 5.74) is -0.802. The molecule has 3 aliphatic rings. The van der Waals surface area contributed by atoms with Crippen LogP contribution in [0.2, 0.25) is 0 Å². The Balaban J connectivity index is 2.15. The Hall–Kier alpha value is -1.16. The molecule has 62 valence electrons. The molecule has 3 heterocycles. The zero-order valence-corrected chi connectivity index (χ0v) is 6.24. The fourth-order valence-corrected chi connectivity index (χ4v) is 2.12. The lowest BCUT2D eigenvalue weighted by Gasteiger charge is -2.26. The number of rotatable bonds is 0. The summed E-state index contributed by atoms with van der Waals surface area (Å²) >= 11 is 0. The Morgan fingerprint density at radius 1 is 1.58 bits per heavy atom. The quantitative estimate of drug-likeness (QED) is 0.383. The van der Waals surface area contributed by atoms with Gasteiger partial charge in [-0.3, -0.25) is 14.9 Å². The van der Waals surface area contributed by atoms with Gasteiger partial charge in [-0.25, -0.2) is 0 Å². The summed E-state index contributed by atoms with van der Waals surface area (Å²) in [6.07, 6.45) is 3.93. The van der Waals surface area contributed by atoms with Crippen LogP contribution in [0.5, 0.6) is 0 Å². The maximum Gasteiger partial charge on any atom is 0.262 e. The van der Waals surface area contributed by atoms with Gasteiger partial charge < -0.3 is 4.74 Å². The monoisotopic (exact) mass is 165 g/mol. The highest BCUT2D eigenvalue weighted by atomic mass is 16.5. The summed E-state index contributed by atoms with van der Waals surface area (Å²) in [5, 5.41) is 2.31. The number of hydrogen-bond donors (Lipinski definition) is 1. The van der Waals surface area contributed by atoms with Gasteiger partial charge in [-0.2, -0.15) is 0 Å². The zero-order chi connectivity index (χ0) is 8.34. The van der Waals surface area contributed by atoms with Crippen LogP contribution >= 0.6 is 0 Å². The van der Waals surface area contributed by atoms with E-state index in [2.05, 4.69) is 5.32 Å². The second kappa shape index (κ2) is 1.61. The second-order valence-electron chi connectivity index (χ2n) is 3.46. The van der Waals surface area contributed by atoms with Crippen LogP contribution in [0.15, 0.2) is 12.2 Å². The molecule has 3 aliphatic heterocycles. The Kier molecular flexibility index (Phi) is 0.855. The molecule has 1 N–H and O–H groups in total. The molecule has 0 aromatic heterocycles. The maximum absolute atomic E-state index is 11.3. The molecule has 2 fully saturated rings. The van der Waals surface area contributed by atoms with Crippen molar-refractivity contribution in [2.24, 2.45) is 5.92 Å². The van der Waals surface area contributed by atoms with Crippen LogP contribution in [-0.2, 0) is 14.3 Å². The van der Waals surface area contributed by atoms with E-state index in [9.17, 15) is 9.59 Å². The van der Waals surface area contributed by atoms with Crippen molar-refractivity contribution >= 4 is 11.8 Å². The minimum atomic E-state index is -0.802. The smallest absolute Gasteiger partial charge is 0.262 e. The Labute approximate surface area is 68.6 Å². The first kappa shape index (κ1) is 6.37. The van der Waals surface area contributed by atoms with E-state index < -0.39 is 5.60 Å². The summed E-state index contributed by atoms with van der Waals surface area (Å²) in [6, 6.07) is 0. The third-order valence-corrected chi connectivity index (χ3v) is 2.78. The van der Waals surface area contributed by atoms with Crippen LogP contribution in [0.25, 0.3) is 0 Å². The van der Waals surface area contributed by atoms with Gasteiger partial charge in [0.05, 0.1) is 12.0 Å². The highest BCUT2D eigenvalue weighted by Crippen LogP contribution is 2.44. The highest BCUT2D eigenvalue weighted by molar-refractivity contribution is 6.06. The first-order valence-corrected chi connectivity index (χ1v) is 3.94. The number of carbonyl (C=O) groups is 2. The molecule has 0 radical (unpaired) electrons. The van der Waals surface area contributed by atoms with Crippen molar-refractivity contribution in [2.45, 2.75) is 18.1 Å². The molecule has 3 unspecified atom stereocenters. The van der Waals surface area contributed by atoms with Gasteiger partial charge in [0.2, 0.25) is 5.91 Å². The van der Waals surface area contributed by atoms with E-state index in [1.807, 2.05) is 6.08 Å². The van der Waals surface area contributed by atoms with Crippen molar-refractivity contribution in [3.05, 3.63) is 12.2 Å². The van der Waals surface area contributed by atoms with Gasteiger partial charge in [-0.1, -0.05) is 6.08 Å². The molecule has 3 bridgehead atoms. The van der Waals surface area contributed by atoms with Gasteiger partial charge >= 0.3 is 0 Å². The molecule has 2 amide bonds. The minimum absolute atomic E-state index is 0.146. The van der Waals surface area contributed by atoms with Gasteiger partial charge in [0, 0.05) is 6.42 Å². The van der Waals surface area contributed by atoms with E-state index in [-0.39, 0.29) is 23.8 Å². The van der Waals surface area contributed by atoms with Crippen LogP contribution < -0.4 is 5.32 Å². The summed E-state index contributed by atoms with van der Waals surface area (Å²) in [5.74, 6) is -0.643. The Morgan fingerprint density at radius 2 is 2.42 bits per heavy atom. The Bertz CT molecular complexity index is 322. The topological polar surface area (TPSA) is 55.4 Å². The molecule has 3 rings (SSSR count). The lowest BCUT2D eigenvalue weighted by Crippen LogP contribution is -2.53. The number of piperidine rings is 1. The third-order valence-electron chi connectivity index (χ3n) is 2.78. The normalized spacial score (nSPS) is 48.3. The maximum atomic E-state index is 11.3. The number of fused-ring (bicyclic) bond motifs is 3. The van der Waals surface area contributed by atoms with Crippen molar-refractivity contribution in [3.8, 4) is 0 Å². The van der Waals surface area contributed by atoms with Crippen LogP contribution in [0.3, 0.4) is 0 Å². The molecule has 0 saturated carbocycles. The lowest BCUT2D eigenvalue weighted by molar-refractivity contribution is -0.142. The average Bonchev–Trinajstić information content (AvgIpc) is 2.57. The van der Waals surface area contributed by atoms with E-state index in [4.69, 9.17) is 4.74 Å². The molecule has 2 saturated heterocycles. The molecule has 4 nitrogen and oxygen atoms in total. The van der Waals surface area contributed by atoms with Crippen LogP contribution in [0.4, 0.5) is 0 Å². The predicted octanol–water partition coefficient (Wildman–Crippen LogP) is -0.644. The number of ether oxygens (including phenoxy) is 1. The fourth-order valence-electron chi connectivity index (χ4n) is 2.12. The number of hydrogen-bond acceptors (Lipinski definition) is 3. The molecule has 0 aromatic carbocycles. The third kappa shape index (κ3) is 0.504. The van der Waals surface area contributed by atoms with Gasteiger partial charge in [0.1, 0.15) is 0 Å². The molecule has 12 heavy (non-hydrogen) atoms. The number of nitrogens with one attached hydrogen (secondary N) is 1. The summed E-state index contributed by atoms with van der Waals surface area (Å²) in [7, 11) is 0. The second-order valence-corrected chi connectivity index (χ2v) is 3.46. The van der Waals surface area contributed by atoms with Gasteiger partial charge in [-0.15, -0.1) is 0 Å². The van der Waals surface area contributed by atoms with E-state index >= 15 is 0 Å². The summed E-state index contributed by atoms with van der Waals surface area (Å²) < 4.78 is 5.42. The van der Waals surface area contributed by atoms with E-state index in [1.54, 1.807) is 6.08 Å². The summed E-state index contributed by atoms with van der Waals surface area (Å²) in [6.45, 7) is 0. The molecule has 1 spiro atoms. The minimum Gasteiger partial charge on any atom is -0.353 e. The first-order valence-electron chi connectivity index (χ1n) is 3.94. The van der Waals surface area contributed by atoms with E-state index in [1.165, 1.54) is 0 Å². The molecular formula is C8H7NO3. The van der Waals surface area contributed by atoms with Crippen LogP contribution in [-0.4, -0.2) is 23.5 Å². The first-order chi connectivity index (χ1) is 5.71. The molecular weight excluding hydrogens is 158 g/mol. The fraction of sp³-hybridized carbons (Fsp3) is 0.500. The number of carbonyl (C=O) groups excluding carboxylic acids is 2. The Morgan fingerprint density at radius 3 is 3.25 bits per heavy atom. The SMILES string of the molecule is O=C1NC(=O)C23C=CC(O2)C1C3. The standard InChI is InChI=1S/C8H7NO3/c10-6-4-3-8(7(11)9-6)2-1-5(4)12-8/h1-2,4-5H,3H2,(H,9,10,11). The highest BCUT2D eigenvalue weighted by Gasteiger charge is 2.59. The van der Waals surface area contributed by atoms with Crippen molar-refractivity contribution in [1.29, 1.82) is 0 Å². The van der Waals surface area contributed by atoms with Crippen LogP contribution in [0, 0.1) is 5.92 Å². The molecule has 0 aliphatic carbocycles. The average molecular weight is 165 g/mol. The lowest BCUT2D eigenvalue weighted by atomic mass is 9.82. The van der Waals surface area contributed by atoms with E-state index in [0.717, 1.165) is 0 Å². The van der Waals surface area contributed by atoms with Gasteiger partial charge in [-0.05, 0) is 6.08 Å². The van der Waals surface area contributed by atoms with E-state index in [0.29, 0.717) is 6.42 Å². The van der Waals surface area contributed by atoms with Crippen LogP contribution in [0.1, 0.15) is 6.42 Å². The number of imide groups is 1. The molecule has 0 aromatic rings. The zero-order valence-electron chi connectivity index (χ0n) is 6.24. The predicted molar refractivity (Wildman–Crippen MR) is 38.0 cm³/mol. The van der Waals surface area contributed by atoms with Crippen molar-refractivity contribution in [1.82, 2.24) is 5.32 Å². The molecule has 4 heteroatoms. The van der Waals surface area contributed by atoms with Crippen molar-refractivity contribution < 1.29 is 14.3 Å².